The number of nitrogens with zero attached hydrogens (tertiary/aromatic N) is 4. The molecule has 0 bridgehead atoms. The van der Waals surface area contributed by atoms with Crippen LogP contribution >= 0.6 is 0 Å². The van der Waals surface area contributed by atoms with Crippen molar-refractivity contribution < 1.29 is 26.7 Å². The summed E-state index contributed by atoms with van der Waals surface area (Å²) < 4.78 is 61.6. The number of nitrogens with one attached hydrogen (secondary N) is 3. The number of hydrogen-bond donors (Lipinski definition) is 3. The summed E-state index contributed by atoms with van der Waals surface area (Å²) in [6.45, 7) is 1.91. The topological polar surface area (TPSA) is 129 Å². The highest BCUT2D eigenvalue weighted by Crippen LogP contribution is 2.39. The van der Waals surface area contributed by atoms with Crippen LogP contribution in [0, 0.1) is 0 Å². The van der Waals surface area contributed by atoms with E-state index in [-0.39, 0.29) is 17.7 Å². The molecule has 0 spiro atoms. The fourth-order valence-electron chi connectivity index (χ4n) is 5.14. The zero-order valence-corrected chi connectivity index (χ0v) is 26.5. The molecular formula is C30H39F2N7O4S. The van der Waals surface area contributed by atoms with Crippen LogP contribution in [0.1, 0.15) is 46.4 Å². The maximum absolute atomic E-state index is 14.8. The van der Waals surface area contributed by atoms with Gasteiger partial charge in [-0.25, -0.2) is 22.2 Å². The number of fused-ring (bicyclic) bond motifs is 1. The molecule has 2 unspecified atom stereocenters. The standard InChI is InChI=1S/C30H39F2N7O4S/c1-30(31,32)22-18-34-29(36-23-13-12-20(17-25(23)43-5)28(40)33-15-16-38(2)3)37-27(22)35-24-14-11-19-9-7-8-10-21(19)26(24)39(4)44(6,41)42/h7-10,12-13,17-18,24,26H,11,14-16H2,1-6H3,(H,33,40)(H2,34,35,36,37). The van der Waals surface area contributed by atoms with E-state index in [1.165, 1.54) is 18.5 Å². The summed E-state index contributed by atoms with van der Waals surface area (Å²) in [6, 6.07) is 11.1. The third-order valence-corrected chi connectivity index (χ3v) is 8.81. The number of anilines is 3. The molecule has 1 aliphatic rings. The number of aryl methyl sites for hydroxylation is 1. The summed E-state index contributed by atoms with van der Waals surface area (Å²) >= 11 is 0. The van der Waals surface area contributed by atoms with Crippen molar-refractivity contribution in [2.24, 2.45) is 0 Å². The van der Waals surface area contributed by atoms with E-state index in [4.69, 9.17) is 4.74 Å². The summed E-state index contributed by atoms with van der Waals surface area (Å²) in [5, 5.41) is 8.99. The molecule has 1 amide bonds. The van der Waals surface area contributed by atoms with Crippen LogP contribution in [0.15, 0.2) is 48.7 Å². The van der Waals surface area contributed by atoms with Crippen molar-refractivity contribution in [3.8, 4) is 5.75 Å². The van der Waals surface area contributed by atoms with Gasteiger partial charge in [0, 0.05) is 44.9 Å². The van der Waals surface area contributed by atoms with Crippen LogP contribution in [0.5, 0.6) is 5.75 Å². The quantitative estimate of drug-likeness (QED) is 0.272. The van der Waals surface area contributed by atoms with Crippen LogP contribution < -0.4 is 20.7 Å². The highest BCUT2D eigenvalue weighted by Gasteiger charge is 2.38. The van der Waals surface area contributed by atoms with Crippen molar-refractivity contribution in [2.75, 3.05) is 58.2 Å². The van der Waals surface area contributed by atoms with Crippen molar-refractivity contribution in [1.82, 2.24) is 24.5 Å². The highest BCUT2D eigenvalue weighted by molar-refractivity contribution is 7.88. The molecule has 4 rings (SSSR count). The molecule has 3 N–H and O–H groups in total. The number of alkyl halides is 2. The monoisotopic (exact) mass is 631 g/mol. The van der Waals surface area contributed by atoms with Crippen molar-refractivity contribution in [2.45, 2.75) is 37.8 Å². The molecule has 11 nitrogen and oxygen atoms in total. The van der Waals surface area contributed by atoms with Crippen LogP contribution in [0.25, 0.3) is 0 Å². The second-order valence-corrected chi connectivity index (χ2v) is 13.2. The molecule has 238 valence electrons. The van der Waals surface area contributed by atoms with Gasteiger partial charge in [-0.3, -0.25) is 4.79 Å². The lowest BCUT2D eigenvalue weighted by Crippen LogP contribution is -2.44. The molecule has 2 aromatic carbocycles. The minimum atomic E-state index is -3.63. The largest absolute Gasteiger partial charge is 0.495 e. The molecule has 0 radical (unpaired) electrons. The Labute approximate surface area is 257 Å². The van der Waals surface area contributed by atoms with Crippen molar-refractivity contribution in [1.29, 1.82) is 0 Å². The van der Waals surface area contributed by atoms with Crippen LogP contribution in [-0.4, -0.2) is 87.1 Å². The zero-order chi connectivity index (χ0) is 32.2. The summed E-state index contributed by atoms with van der Waals surface area (Å²) in [4.78, 5) is 23.1. The molecule has 14 heteroatoms. The smallest absolute Gasteiger partial charge is 0.275 e. The zero-order valence-electron chi connectivity index (χ0n) is 25.7. The minimum absolute atomic E-state index is 0.00575. The molecule has 0 aliphatic heterocycles. The van der Waals surface area contributed by atoms with Gasteiger partial charge in [0.2, 0.25) is 16.0 Å². The fraction of sp³-hybridized carbons (Fsp3) is 0.433. The number of methoxy groups -OCH3 is 1. The lowest BCUT2D eigenvalue weighted by atomic mass is 9.84. The van der Waals surface area contributed by atoms with Crippen LogP contribution in [0.3, 0.4) is 0 Å². The van der Waals surface area contributed by atoms with E-state index in [9.17, 15) is 22.0 Å². The van der Waals surface area contributed by atoms with Gasteiger partial charge in [-0.2, -0.15) is 9.29 Å². The average Bonchev–Trinajstić information content (AvgIpc) is 2.95. The van der Waals surface area contributed by atoms with Gasteiger partial charge in [0.05, 0.1) is 30.7 Å². The maximum Gasteiger partial charge on any atom is 0.275 e. The molecule has 1 heterocycles. The summed E-state index contributed by atoms with van der Waals surface area (Å²) in [5.41, 5.74) is 2.17. The van der Waals surface area contributed by atoms with Gasteiger partial charge >= 0.3 is 0 Å². The number of halogens is 2. The number of rotatable bonds is 12. The lowest BCUT2D eigenvalue weighted by Gasteiger charge is -2.39. The third-order valence-electron chi connectivity index (χ3n) is 7.53. The SMILES string of the molecule is COc1cc(C(=O)NCCN(C)C)ccc1Nc1ncc(C(C)(F)F)c(NC2CCc3ccccc3C2N(C)S(C)(=O)=O)n1. The first-order valence-corrected chi connectivity index (χ1v) is 15.9. The number of benzene rings is 2. The molecule has 1 aromatic heterocycles. The van der Waals surface area contributed by atoms with E-state index >= 15 is 0 Å². The van der Waals surface area contributed by atoms with Gasteiger partial charge in [-0.05, 0) is 56.3 Å². The molecule has 0 saturated heterocycles. The average molecular weight is 632 g/mol. The van der Waals surface area contributed by atoms with Crippen molar-refractivity contribution >= 4 is 33.4 Å². The minimum Gasteiger partial charge on any atom is -0.495 e. The Balaban J connectivity index is 1.65. The Bertz CT molecular complexity index is 1600. The Morgan fingerprint density at radius 2 is 1.89 bits per heavy atom. The number of amides is 1. The number of hydrogen-bond acceptors (Lipinski definition) is 9. The van der Waals surface area contributed by atoms with Gasteiger partial charge in [0.1, 0.15) is 11.6 Å². The molecule has 0 saturated carbocycles. The summed E-state index contributed by atoms with van der Waals surface area (Å²) in [6.07, 6.45) is 3.27. The van der Waals surface area contributed by atoms with Gasteiger partial charge in [-0.1, -0.05) is 24.3 Å². The predicted octanol–water partition coefficient (Wildman–Crippen LogP) is 3.99. The Kier molecular flexibility index (Phi) is 10.1. The first-order valence-electron chi connectivity index (χ1n) is 14.1. The van der Waals surface area contributed by atoms with Gasteiger partial charge in [0.15, 0.2) is 0 Å². The normalized spacial score (nSPS) is 16.9. The number of sulfonamides is 1. The number of carbonyl (C=O) groups is 1. The second kappa shape index (κ2) is 13.4. The van der Waals surface area contributed by atoms with E-state index in [1.54, 1.807) is 18.2 Å². The second-order valence-electron chi connectivity index (χ2n) is 11.2. The fourth-order valence-corrected chi connectivity index (χ4v) is 5.82. The van der Waals surface area contributed by atoms with Crippen LogP contribution in [-0.2, 0) is 22.4 Å². The van der Waals surface area contributed by atoms with Crippen LogP contribution in [0.4, 0.5) is 26.2 Å². The maximum atomic E-state index is 14.8. The van der Waals surface area contributed by atoms with Gasteiger partial charge in [-0.15, -0.1) is 0 Å². The summed E-state index contributed by atoms with van der Waals surface area (Å²) in [5.74, 6) is -3.35. The van der Waals surface area contributed by atoms with E-state index in [1.807, 2.05) is 43.3 Å². The number of aromatic nitrogens is 2. The molecule has 1 aliphatic carbocycles. The molecule has 3 aromatic rings. The first kappa shape index (κ1) is 33.0. The Hall–Kier alpha value is -3.88. The Morgan fingerprint density at radius 3 is 2.55 bits per heavy atom. The van der Waals surface area contributed by atoms with E-state index in [2.05, 4.69) is 25.9 Å². The Morgan fingerprint density at radius 1 is 1.16 bits per heavy atom. The van der Waals surface area contributed by atoms with E-state index in [0.29, 0.717) is 42.9 Å². The van der Waals surface area contributed by atoms with E-state index < -0.39 is 33.6 Å². The van der Waals surface area contributed by atoms with Crippen molar-refractivity contribution in [3.05, 3.63) is 70.9 Å². The number of carbonyl (C=O) groups excluding carboxylic acids is 1. The third kappa shape index (κ3) is 7.79. The summed E-state index contributed by atoms with van der Waals surface area (Å²) in [7, 11) is 3.12. The van der Waals surface area contributed by atoms with Crippen molar-refractivity contribution in [3.63, 3.8) is 0 Å². The van der Waals surface area contributed by atoms with E-state index in [0.717, 1.165) is 30.5 Å². The molecular weight excluding hydrogens is 592 g/mol. The van der Waals surface area contributed by atoms with Gasteiger partial charge < -0.3 is 25.6 Å². The highest BCUT2D eigenvalue weighted by atomic mass is 32.2. The predicted molar refractivity (Wildman–Crippen MR) is 166 cm³/mol. The van der Waals surface area contributed by atoms with Gasteiger partial charge in [0.25, 0.3) is 11.8 Å². The van der Waals surface area contributed by atoms with Crippen LogP contribution in [0.2, 0.25) is 0 Å². The molecule has 44 heavy (non-hydrogen) atoms. The number of likely N-dealkylation sites (N-methyl/N-ethyl adjacent to an activating group) is 2. The number of ether oxygens (including phenoxy) is 1. The molecule has 2 atom stereocenters. The lowest BCUT2D eigenvalue weighted by molar-refractivity contribution is 0.0175. The first-order chi connectivity index (χ1) is 20.7. The molecule has 0 fully saturated rings.